The van der Waals surface area contributed by atoms with Gasteiger partial charge in [-0.25, -0.2) is 0 Å². The number of likely N-dealkylation sites (N-methyl/N-ethyl adjacent to an activating group) is 1. The highest BCUT2D eigenvalue weighted by atomic mass is 15.1. The molecule has 0 radical (unpaired) electrons. The molecule has 2 aromatic carbocycles. The number of benzene rings is 2. The molecule has 2 heteroatoms. The van der Waals surface area contributed by atoms with Gasteiger partial charge in [0.1, 0.15) is 0 Å². The van der Waals surface area contributed by atoms with Gasteiger partial charge in [0.05, 0.1) is 0 Å². The summed E-state index contributed by atoms with van der Waals surface area (Å²) in [7, 11) is 2.21. The van der Waals surface area contributed by atoms with Crippen LogP contribution in [-0.2, 0) is 0 Å². The Morgan fingerprint density at radius 3 is 2.83 bits per heavy atom. The van der Waals surface area contributed by atoms with Gasteiger partial charge in [-0.05, 0) is 37.9 Å². The first kappa shape index (κ1) is 11.5. The summed E-state index contributed by atoms with van der Waals surface area (Å²) in [5, 5.41) is 6.35. The summed E-state index contributed by atoms with van der Waals surface area (Å²) in [5.74, 6) is 0. The maximum Gasteiger partial charge on any atom is 0.0422 e. The van der Waals surface area contributed by atoms with E-state index < -0.39 is 0 Å². The molecule has 1 aliphatic rings. The van der Waals surface area contributed by atoms with Crippen LogP contribution in [0.3, 0.4) is 0 Å². The van der Waals surface area contributed by atoms with E-state index in [1.54, 1.807) is 0 Å². The second kappa shape index (κ2) is 4.99. The summed E-state index contributed by atoms with van der Waals surface area (Å²) in [6.45, 7) is 2.37. The van der Waals surface area contributed by atoms with Crippen molar-refractivity contribution in [2.75, 3.05) is 25.5 Å². The lowest BCUT2D eigenvalue weighted by Gasteiger charge is -2.31. The van der Waals surface area contributed by atoms with Gasteiger partial charge in [0, 0.05) is 23.7 Å². The zero-order valence-electron chi connectivity index (χ0n) is 10.9. The van der Waals surface area contributed by atoms with E-state index >= 15 is 0 Å². The minimum Gasteiger partial charge on any atom is -0.381 e. The summed E-state index contributed by atoms with van der Waals surface area (Å²) < 4.78 is 0. The van der Waals surface area contributed by atoms with Crippen LogP contribution < -0.4 is 5.32 Å². The largest absolute Gasteiger partial charge is 0.381 e. The molecule has 0 bridgehead atoms. The van der Waals surface area contributed by atoms with E-state index in [1.807, 2.05) is 0 Å². The zero-order chi connectivity index (χ0) is 12.4. The van der Waals surface area contributed by atoms with Crippen LogP contribution in [0.4, 0.5) is 5.69 Å². The van der Waals surface area contributed by atoms with Gasteiger partial charge in [-0.15, -0.1) is 0 Å². The summed E-state index contributed by atoms with van der Waals surface area (Å²) in [4.78, 5) is 2.41. The maximum atomic E-state index is 3.71. The average Bonchev–Trinajstić information content (AvgIpc) is 2.39. The Morgan fingerprint density at radius 2 is 1.94 bits per heavy atom. The number of fused-ring (bicyclic) bond motifs is 1. The second-order valence-corrected chi connectivity index (χ2v) is 5.27. The molecule has 1 atom stereocenters. The molecule has 94 valence electrons. The average molecular weight is 240 g/mol. The van der Waals surface area contributed by atoms with Crippen molar-refractivity contribution in [3.63, 3.8) is 0 Å². The summed E-state index contributed by atoms with van der Waals surface area (Å²) in [6.07, 6.45) is 2.56. The lowest BCUT2D eigenvalue weighted by Crippen LogP contribution is -2.39. The topological polar surface area (TPSA) is 15.3 Å². The molecule has 0 aliphatic carbocycles. The number of hydrogen-bond acceptors (Lipinski definition) is 2. The number of nitrogens with one attached hydrogen (secondary N) is 1. The number of hydrogen-bond donors (Lipinski definition) is 1. The van der Waals surface area contributed by atoms with Crippen molar-refractivity contribution in [3.05, 3.63) is 42.5 Å². The Labute approximate surface area is 109 Å². The lowest BCUT2D eigenvalue weighted by atomic mass is 10.0. The van der Waals surface area contributed by atoms with Crippen LogP contribution in [0.1, 0.15) is 12.8 Å². The van der Waals surface area contributed by atoms with Crippen LogP contribution in [0.5, 0.6) is 0 Å². The highest BCUT2D eigenvalue weighted by Gasteiger charge is 2.17. The molecule has 1 aliphatic heterocycles. The third kappa shape index (κ3) is 2.34. The first-order valence-corrected chi connectivity index (χ1v) is 6.76. The fourth-order valence-electron chi connectivity index (χ4n) is 2.86. The van der Waals surface area contributed by atoms with E-state index in [4.69, 9.17) is 0 Å². The van der Waals surface area contributed by atoms with Crippen molar-refractivity contribution in [2.45, 2.75) is 18.9 Å². The van der Waals surface area contributed by atoms with Gasteiger partial charge in [-0.2, -0.15) is 0 Å². The number of rotatable bonds is 2. The number of piperidine rings is 1. The smallest absolute Gasteiger partial charge is 0.0422 e. The van der Waals surface area contributed by atoms with Gasteiger partial charge in [0.2, 0.25) is 0 Å². The van der Waals surface area contributed by atoms with Crippen molar-refractivity contribution < 1.29 is 0 Å². The van der Waals surface area contributed by atoms with Crippen LogP contribution >= 0.6 is 0 Å². The van der Waals surface area contributed by atoms with E-state index in [-0.39, 0.29) is 0 Å². The molecule has 0 saturated carbocycles. The van der Waals surface area contributed by atoms with E-state index in [2.05, 4.69) is 59.7 Å². The molecular weight excluding hydrogens is 220 g/mol. The molecule has 1 unspecified atom stereocenters. The highest BCUT2D eigenvalue weighted by Crippen LogP contribution is 2.25. The van der Waals surface area contributed by atoms with E-state index in [0.29, 0.717) is 6.04 Å². The number of nitrogens with zero attached hydrogens (tertiary/aromatic N) is 1. The minimum atomic E-state index is 0.578. The summed E-state index contributed by atoms with van der Waals surface area (Å²) in [6, 6.07) is 15.7. The van der Waals surface area contributed by atoms with Crippen molar-refractivity contribution in [2.24, 2.45) is 0 Å². The Morgan fingerprint density at radius 1 is 1.11 bits per heavy atom. The zero-order valence-corrected chi connectivity index (χ0v) is 10.9. The van der Waals surface area contributed by atoms with E-state index in [9.17, 15) is 0 Å². The Bertz CT molecular complexity index is 530. The Hall–Kier alpha value is -1.54. The first-order valence-electron chi connectivity index (χ1n) is 6.76. The van der Waals surface area contributed by atoms with Crippen LogP contribution in [-0.4, -0.2) is 31.1 Å². The molecule has 1 heterocycles. The summed E-state index contributed by atoms with van der Waals surface area (Å²) >= 11 is 0. The van der Waals surface area contributed by atoms with E-state index in [1.165, 1.54) is 35.8 Å². The molecular formula is C16H20N2. The number of likely N-dealkylation sites (tertiary alicyclic amines) is 1. The Balaban J connectivity index is 1.86. The monoisotopic (exact) mass is 240 g/mol. The first-order chi connectivity index (χ1) is 8.83. The van der Waals surface area contributed by atoms with Crippen molar-refractivity contribution >= 4 is 16.5 Å². The summed E-state index contributed by atoms with van der Waals surface area (Å²) in [5.41, 5.74) is 1.27. The van der Waals surface area contributed by atoms with Gasteiger partial charge in [-0.3, -0.25) is 0 Å². The van der Waals surface area contributed by atoms with Gasteiger partial charge < -0.3 is 10.2 Å². The fourth-order valence-corrected chi connectivity index (χ4v) is 2.86. The standard InChI is InChI=1S/C16H20N2/c1-18-11-5-8-14(12-18)17-16-10-4-7-13-6-2-3-9-15(13)16/h2-4,6-7,9-10,14,17H,5,8,11-12H2,1H3. The molecule has 1 saturated heterocycles. The van der Waals surface area contributed by atoms with Crippen molar-refractivity contribution in [3.8, 4) is 0 Å². The van der Waals surface area contributed by atoms with Crippen LogP contribution in [0.25, 0.3) is 10.8 Å². The molecule has 3 rings (SSSR count). The molecule has 2 nitrogen and oxygen atoms in total. The molecule has 1 fully saturated rings. The Kier molecular flexibility index (Phi) is 3.20. The molecule has 1 N–H and O–H groups in total. The molecule has 0 aromatic heterocycles. The van der Waals surface area contributed by atoms with Gasteiger partial charge >= 0.3 is 0 Å². The third-order valence-electron chi connectivity index (χ3n) is 3.77. The lowest BCUT2D eigenvalue weighted by molar-refractivity contribution is 0.261. The van der Waals surface area contributed by atoms with E-state index in [0.717, 1.165) is 6.54 Å². The van der Waals surface area contributed by atoms with Gasteiger partial charge in [0.15, 0.2) is 0 Å². The molecule has 0 spiro atoms. The van der Waals surface area contributed by atoms with Crippen molar-refractivity contribution in [1.82, 2.24) is 4.90 Å². The molecule has 0 amide bonds. The van der Waals surface area contributed by atoms with Crippen LogP contribution in [0, 0.1) is 0 Å². The molecule has 2 aromatic rings. The second-order valence-electron chi connectivity index (χ2n) is 5.27. The third-order valence-corrected chi connectivity index (χ3v) is 3.77. The highest BCUT2D eigenvalue weighted by molar-refractivity contribution is 5.93. The minimum absolute atomic E-state index is 0.578. The van der Waals surface area contributed by atoms with Crippen molar-refractivity contribution in [1.29, 1.82) is 0 Å². The van der Waals surface area contributed by atoms with Gasteiger partial charge in [0.25, 0.3) is 0 Å². The number of anilines is 1. The predicted molar refractivity (Wildman–Crippen MR) is 78.1 cm³/mol. The SMILES string of the molecule is CN1CCCC(Nc2cccc3ccccc23)C1. The van der Waals surface area contributed by atoms with Gasteiger partial charge in [-0.1, -0.05) is 36.4 Å². The predicted octanol–water partition coefficient (Wildman–Crippen LogP) is 3.35. The van der Waals surface area contributed by atoms with Crippen LogP contribution in [0.2, 0.25) is 0 Å². The maximum absolute atomic E-state index is 3.71. The quantitative estimate of drug-likeness (QED) is 0.866. The van der Waals surface area contributed by atoms with Crippen LogP contribution in [0.15, 0.2) is 42.5 Å². The molecule has 18 heavy (non-hydrogen) atoms. The fraction of sp³-hybridized carbons (Fsp3) is 0.375. The normalized spacial score (nSPS) is 21.1.